The fourth-order valence-electron chi connectivity index (χ4n) is 3.27. The van der Waals surface area contributed by atoms with E-state index in [4.69, 9.17) is 4.52 Å². The number of nitrogens with one attached hydrogen (secondary N) is 1. The van der Waals surface area contributed by atoms with Gasteiger partial charge < -0.3 is 9.84 Å². The predicted octanol–water partition coefficient (Wildman–Crippen LogP) is 3.46. The highest BCUT2D eigenvalue weighted by atomic mass is 19.4. The molecule has 3 aromatic heterocycles. The van der Waals surface area contributed by atoms with E-state index in [1.165, 1.54) is 17.1 Å². The van der Waals surface area contributed by atoms with Crippen molar-refractivity contribution < 1.29 is 22.5 Å². The number of aryl methyl sites for hydroxylation is 1. The van der Waals surface area contributed by atoms with Crippen LogP contribution in [0.2, 0.25) is 0 Å². The third-order valence-electron chi connectivity index (χ3n) is 4.60. The number of nitrogens with zero attached hydrogens (tertiary/aromatic N) is 4. The molecule has 0 atom stereocenters. The van der Waals surface area contributed by atoms with Crippen molar-refractivity contribution in [1.82, 2.24) is 19.9 Å². The van der Waals surface area contributed by atoms with Crippen molar-refractivity contribution in [2.24, 2.45) is 0 Å². The van der Waals surface area contributed by atoms with Gasteiger partial charge in [-0.25, -0.2) is 0 Å². The number of hydrogen-bond donors (Lipinski definition) is 1. The van der Waals surface area contributed by atoms with Crippen molar-refractivity contribution in [3.8, 4) is 0 Å². The number of amides is 1. The van der Waals surface area contributed by atoms with Gasteiger partial charge in [0.25, 0.3) is 5.91 Å². The van der Waals surface area contributed by atoms with Crippen LogP contribution in [0.25, 0.3) is 0 Å². The lowest BCUT2D eigenvalue weighted by molar-refractivity contribution is -0.138. The van der Waals surface area contributed by atoms with Crippen molar-refractivity contribution in [2.45, 2.75) is 38.4 Å². The molecule has 0 saturated heterocycles. The zero-order chi connectivity index (χ0) is 19.7. The van der Waals surface area contributed by atoms with Gasteiger partial charge in [0.05, 0.1) is 24.0 Å². The molecule has 1 amide bonds. The molecule has 28 heavy (non-hydrogen) atoms. The Morgan fingerprint density at radius 3 is 2.89 bits per heavy atom. The summed E-state index contributed by atoms with van der Waals surface area (Å²) < 4.78 is 45.8. The summed E-state index contributed by atoms with van der Waals surface area (Å²) in [7, 11) is 0. The molecule has 10 heteroatoms. The minimum Gasteiger partial charge on any atom is -0.360 e. The van der Waals surface area contributed by atoms with Crippen molar-refractivity contribution in [3.05, 3.63) is 59.0 Å². The summed E-state index contributed by atoms with van der Waals surface area (Å²) in [6.07, 6.45) is 4.08. The molecule has 1 aliphatic rings. The molecule has 1 N–H and O–H groups in total. The van der Waals surface area contributed by atoms with Crippen molar-refractivity contribution in [1.29, 1.82) is 0 Å². The first kappa shape index (κ1) is 18.2. The lowest BCUT2D eigenvalue weighted by Gasteiger charge is -2.11. The second kappa shape index (κ2) is 7.10. The minimum atomic E-state index is -4.48. The minimum absolute atomic E-state index is 0.0125. The van der Waals surface area contributed by atoms with Crippen LogP contribution in [0.15, 0.2) is 35.4 Å². The van der Waals surface area contributed by atoms with Gasteiger partial charge in [-0.2, -0.15) is 18.3 Å². The fraction of sp³-hybridized carbons (Fsp3) is 0.333. The van der Waals surface area contributed by atoms with E-state index in [0.29, 0.717) is 5.69 Å². The number of carbonyl (C=O) groups excluding carboxylic acids is 1. The topological polar surface area (TPSA) is 85.8 Å². The average molecular weight is 391 g/mol. The van der Waals surface area contributed by atoms with E-state index in [1.54, 1.807) is 0 Å². The Balaban J connectivity index is 1.48. The molecule has 0 saturated carbocycles. The third kappa shape index (κ3) is 3.62. The van der Waals surface area contributed by atoms with Gasteiger partial charge in [0, 0.05) is 36.1 Å². The molecule has 0 aliphatic heterocycles. The first-order chi connectivity index (χ1) is 13.4. The maximum atomic E-state index is 13.1. The molecule has 0 aromatic carbocycles. The first-order valence-electron chi connectivity index (χ1n) is 8.73. The SMILES string of the molecule is O=C(Nc1cnn(Cc2cnccc2C(F)(F)F)c1)c1noc2c1CCCC2. The van der Waals surface area contributed by atoms with E-state index in [1.807, 2.05) is 0 Å². The van der Waals surface area contributed by atoms with E-state index in [0.717, 1.165) is 55.5 Å². The van der Waals surface area contributed by atoms with Crippen LogP contribution in [0.5, 0.6) is 0 Å². The summed E-state index contributed by atoms with van der Waals surface area (Å²) in [6.45, 7) is -0.127. The highest BCUT2D eigenvalue weighted by molar-refractivity contribution is 6.03. The Bertz CT molecular complexity index is 1010. The van der Waals surface area contributed by atoms with E-state index in [2.05, 4.69) is 20.6 Å². The Labute approximate surface area is 157 Å². The van der Waals surface area contributed by atoms with Crippen LogP contribution in [0.1, 0.15) is 45.8 Å². The van der Waals surface area contributed by atoms with Gasteiger partial charge in [-0.1, -0.05) is 5.16 Å². The number of aromatic nitrogens is 4. The Morgan fingerprint density at radius 2 is 2.07 bits per heavy atom. The number of carbonyl (C=O) groups is 1. The quantitative estimate of drug-likeness (QED) is 0.736. The van der Waals surface area contributed by atoms with Gasteiger partial charge in [-0.05, 0) is 25.3 Å². The maximum absolute atomic E-state index is 13.1. The Morgan fingerprint density at radius 1 is 1.25 bits per heavy atom. The molecule has 0 fully saturated rings. The van der Waals surface area contributed by atoms with Crippen LogP contribution in [0.3, 0.4) is 0 Å². The highest BCUT2D eigenvalue weighted by Crippen LogP contribution is 2.31. The van der Waals surface area contributed by atoms with E-state index >= 15 is 0 Å². The van der Waals surface area contributed by atoms with Gasteiger partial charge in [0.15, 0.2) is 5.69 Å². The smallest absolute Gasteiger partial charge is 0.360 e. The summed E-state index contributed by atoms with van der Waals surface area (Å²) in [4.78, 5) is 16.2. The zero-order valence-electron chi connectivity index (χ0n) is 14.7. The van der Waals surface area contributed by atoms with Gasteiger partial charge in [0.2, 0.25) is 0 Å². The van der Waals surface area contributed by atoms with Crippen LogP contribution in [0.4, 0.5) is 18.9 Å². The van der Waals surface area contributed by atoms with Crippen LogP contribution in [-0.2, 0) is 25.6 Å². The second-order valence-electron chi connectivity index (χ2n) is 6.55. The Kier molecular flexibility index (Phi) is 4.62. The summed E-state index contributed by atoms with van der Waals surface area (Å²) in [5, 5.41) is 10.5. The number of halogens is 3. The number of pyridine rings is 1. The monoisotopic (exact) mass is 391 g/mol. The van der Waals surface area contributed by atoms with Crippen LogP contribution >= 0.6 is 0 Å². The molecule has 0 unspecified atom stereocenters. The lowest BCUT2D eigenvalue weighted by atomic mass is 9.96. The molecule has 146 valence electrons. The molecule has 3 aromatic rings. The van der Waals surface area contributed by atoms with E-state index < -0.39 is 17.6 Å². The molecule has 7 nitrogen and oxygen atoms in total. The van der Waals surface area contributed by atoms with E-state index in [9.17, 15) is 18.0 Å². The molecule has 0 radical (unpaired) electrons. The lowest BCUT2D eigenvalue weighted by Crippen LogP contribution is -2.15. The number of fused-ring (bicyclic) bond motifs is 1. The first-order valence-corrected chi connectivity index (χ1v) is 8.73. The fourth-order valence-corrected chi connectivity index (χ4v) is 3.27. The summed E-state index contributed by atoms with van der Waals surface area (Å²) in [5.41, 5.74) is 0.643. The summed E-state index contributed by atoms with van der Waals surface area (Å²) >= 11 is 0. The summed E-state index contributed by atoms with van der Waals surface area (Å²) in [5.74, 6) is 0.312. The van der Waals surface area contributed by atoms with E-state index in [-0.39, 0.29) is 17.8 Å². The zero-order valence-corrected chi connectivity index (χ0v) is 14.7. The average Bonchev–Trinajstić information content (AvgIpc) is 3.28. The van der Waals surface area contributed by atoms with Crippen molar-refractivity contribution in [2.75, 3.05) is 5.32 Å². The molecule has 4 rings (SSSR count). The van der Waals surface area contributed by atoms with Crippen LogP contribution in [-0.4, -0.2) is 25.8 Å². The highest BCUT2D eigenvalue weighted by Gasteiger charge is 2.33. The number of hydrogen-bond acceptors (Lipinski definition) is 5. The molecule has 0 bridgehead atoms. The van der Waals surface area contributed by atoms with Crippen LogP contribution < -0.4 is 5.32 Å². The number of rotatable bonds is 4. The third-order valence-corrected chi connectivity index (χ3v) is 4.60. The van der Waals surface area contributed by atoms with Gasteiger partial charge in [0.1, 0.15) is 5.76 Å². The normalized spacial score (nSPS) is 14.0. The molecular formula is C18H16F3N5O2. The molecule has 3 heterocycles. The van der Waals surface area contributed by atoms with Gasteiger partial charge in [-0.15, -0.1) is 0 Å². The second-order valence-corrected chi connectivity index (χ2v) is 6.55. The Hall–Kier alpha value is -3.17. The van der Waals surface area contributed by atoms with Gasteiger partial charge in [-0.3, -0.25) is 14.5 Å². The summed E-state index contributed by atoms with van der Waals surface area (Å²) in [6, 6.07) is 0.926. The van der Waals surface area contributed by atoms with Crippen molar-refractivity contribution >= 4 is 11.6 Å². The molecule has 1 aliphatic carbocycles. The standard InChI is InChI=1S/C18H16F3N5O2/c19-18(20,21)14-5-6-22-7-11(14)9-26-10-12(8-23-26)24-17(27)16-13-3-1-2-4-15(13)28-25-16/h5-8,10H,1-4,9H2,(H,24,27). The maximum Gasteiger partial charge on any atom is 0.416 e. The molecule has 0 spiro atoms. The number of alkyl halides is 3. The van der Waals surface area contributed by atoms with Gasteiger partial charge >= 0.3 is 6.18 Å². The number of anilines is 1. The van der Waals surface area contributed by atoms with Crippen LogP contribution in [0, 0.1) is 0 Å². The largest absolute Gasteiger partial charge is 0.416 e. The van der Waals surface area contributed by atoms with Crippen molar-refractivity contribution in [3.63, 3.8) is 0 Å². The molecular weight excluding hydrogens is 375 g/mol. The predicted molar refractivity (Wildman–Crippen MR) is 91.7 cm³/mol.